The van der Waals surface area contributed by atoms with Gasteiger partial charge in [0.25, 0.3) is 0 Å². The number of methoxy groups -OCH3 is 1. The van der Waals surface area contributed by atoms with Crippen LogP contribution < -0.4 is 9.47 Å². The van der Waals surface area contributed by atoms with E-state index in [4.69, 9.17) is 9.47 Å². The molecular weight excluding hydrogens is 272 g/mol. The van der Waals surface area contributed by atoms with E-state index in [1.165, 1.54) is 31.2 Å². The minimum Gasteiger partial charge on any atom is -0.493 e. The molecule has 22 heavy (non-hydrogen) atoms. The van der Waals surface area contributed by atoms with Gasteiger partial charge in [0.1, 0.15) is 5.75 Å². The fourth-order valence-electron chi connectivity index (χ4n) is 2.50. The standard InChI is InChI=1S/C20H26O2/c1-4-5-6-7-11-17-13-14-19(20(15-17)21-3)22-18-12-9-8-10-16(18)2/h8-10,12-15H,4-7,11H2,1-3H3. The van der Waals surface area contributed by atoms with Gasteiger partial charge in [0, 0.05) is 0 Å². The Bertz CT molecular complexity index is 590. The first-order chi connectivity index (χ1) is 10.7. The Morgan fingerprint density at radius 3 is 2.41 bits per heavy atom. The molecule has 0 heterocycles. The van der Waals surface area contributed by atoms with Crippen LogP contribution in [-0.2, 0) is 6.42 Å². The highest BCUT2D eigenvalue weighted by molar-refractivity contribution is 5.46. The predicted molar refractivity (Wildman–Crippen MR) is 92.1 cm³/mol. The SMILES string of the molecule is CCCCCCc1ccc(Oc2ccccc2C)c(OC)c1. The summed E-state index contributed by atoms with van der Waals surface area (Å²) in [4.78, 5) is 0. The van der Waals surface area contributed by atoms with Crippen molar-refractivity contribution in [1.29, 1.82) is 0 Å². The van der Waals surface area contributed by atoms with Gasteiger partial charge in [-0.1, -0.05) is 50.5 Å². The van der Waals surface area contributed by atoms with Crippen molar-refractivity contribution < 1.29 is 9.47 Å². The smallest absolute Gasteiger partial charge is 0.169 e. The second kappa shape index (κ2) is 8.47. The molecule has 2 nitrogen and oxygen atoms in total. The first kappa shape index (κ1) is 16.4. The van der Waals surface area contributed by atoms with Crippen molar-refractivity contribution in [2.75, 3.05) is 7.11 Å². The molecule has 2 aromatic rings. The van der Waals surface area contributed by atoms with Gasteiger partial charge >= 0.3 is 0 Å². The Labute approximate surface area is 134 Å². The Morgan fingerprint density at radius 1 is 0.864 bits per heavy atom. The molecule has 0 saturated carbocycles. The molecule has 0 radical (unpaired) electrons. The maximum absolute atomic E-state index is 6.00. The van der Waals surface area contributed by atoms with Crippen LogP contribution in [0.15, 0.2) is 42.5 Å². The predicted octanol–water partition coefficient (Wildman–Crippen LogP) is 5.92. The number of para-hydroxylation sites is 1. The van der Waals surface area contributed by atoms with Crippen LogP contribution in [0.5, 0.6) is 17.2 Å². The molecule has 0 bridgehead atoms. The summed E-state index contributed by atoms with van der Waals surface area (Å²) in [5.74, 6) is 2.45. The first-order valence-corrected chi connectivity index (χ1v) is 8.15. The number of hydrogen-bond acceptors (Lipinski definition) is 2. The number of aryl methyl sites for hydroxylation is 2. The molecule has 0 aliphatic heterocycles. The molecule has 0 aliphatic rings. The van der Waals surface area contributed by atoms with Gasteiger partial charge < -0.3 is 9.47 Å². The quantitative estimate of drug-likeness (QED) is 0.563. The summed E-state index contributed by atoms with van der Waals surface area (Å²) in [6.07, 6.45) is 6.20. The van der Waals surface area contributed by atoms with Gasteiger partial charge in [0.15, 0.2) is 11.5 Å². The van der Waals surface area contributed by atoms with Crippen molar-refractivity contribution in [1.82, 2.24) is 0 Å². The lowest BCUT2D eigenvalue weighted by Crippen LogP contribution is -1.94. The van der Waals surface area contributed by atoms with E-state index in [9.17, 15) is 0 Å². The van der Waals surface area contributed by atoms with Crippen molar-refractivity contribution >= 4 is 0 Å². The van der Waals surface area contributed by atoms with Gasteiger partial charge in [-0.15, -0.1) is 0 Å². The van der Waals surface area contributed by atoms with E-state index >= 15 is 0 Å². The van der Waals surface area contributed by atoms with Crippen LogP contribution >= 0.6 is 0 Å². The summed E-state index contributed by atoms with van der Waals surface area (Å²) in [6.45, 7) is 4.28. The molecule has 0 N–H and O–H groups in total. The topological polar surface area (TPSA) is 18.5 Å². The lowest BCUT2D eigenvalue weighted by atomic mass is 10.1. The monoisotopic (exact) mass is 298 g/mol. The second-order valence-corrected chi connectivity index (χ2v) is 5.66. The van der Waals surface area contributed by atoms with Crippen molar-refractivity contribution in [3.05, 3.63) is 53.6 Å². The van der Waals surface area contributed by atoms with E-state index in [2.05, 4.69) is 19.1 Å². The molecule has 0 spiro atoms. The minimum absolute atomic E-state index is 0.772. The summed E-state index contributed by atoms with van der Waals surface area (Å²) < 4.78 is 11.5. The molecule has 2 heteroatoms. The molecular formula is C20H26O2. The highest BCUT2D eigenvalue weighted by Gasteiger charge is 2.08. The van der Waals surface area contributed by atoms with E-state index in [1.54, 1.807) is 7.11 Å². The lowest BCUT2D eigenvalue weighted by Gasteiger charge is -2.13. The van der Waals surface area contributed by atoms with Crippen molar-refractivity contribution in [3.8, 4) is 17.2 Å². The number of unbranched alkanes of at least 4 members (excludes halogenated alkanes) is 3. The van der Waals surface area contributed by atoms with Crippen molar-refractivity contribution in [2.45, 2.75) is 46.0 Å². The Morgan fingerprint density at radius 2 is 1.68 bits per heavy atom. The van der Waals surface area contributed by atoms with Crippen LogP contribution in [0.4, 0.5) is 0 Å². The van der Waals surface area contributed by atoms with E-state index < -0.39 is 0 Å². The minimum atomic E-state index is 0.772. The molecule has 2 rings (SSSR count). The van der Waals surface area contributed by atoms with Gasteiger partial charge in [-0.05, 0) is 49.1 Å². The van der Waals surface area contributed by atoms with E-state index in [1.807, 2.05) is 37.3 Å². The third kappa shape index (κ3) is 4.52. The zero-order valence-corrected chi connectivity index (χ0v) is 13.9. The summed E-state index contributed by atoms with van der Waals surface area (Å²) in [6, 6.07) is 14.3. The summed E-state index contributed by atoms with van der Waals surface area (Å²) in [5, 5.41) is 0. The molecule has 0 unspecified atom stereocenters. The van der Waals surface area contributed by atoms with Crippen LogP contribution in [0.2, 0.25) is 0 Å². The van der Waals surface area contributed by atoms with Crippen molar-refractivity contribution in [2.24, 2.45) is 0 Å². The van der Waals surface area contributed by atoms with Crippen LogP contribution in [-0.4, -0.2) is 7.11 Å². The number of ether oxygens (including phenoxy) is 2. The van der Waals surface area contributed by atoms with Crippen LogP contribution in [0, 0.1) is 6.92 Å². The van der Waals surface area contributed by atoms with Gasteiger partial charge in [0.05, 0.1) is 7.11 Å². The molecule has 0 aromatic heterocycles. The van der Waals surface area contributed by atoms with Gasteiger partial charge in [0.2, 0.25) is 0 Å². The van der Waals surface area contributed by atoms with E-state index in [-0.39, 0.29) is 0 Å². The number of benzene rings is 2. The fourth-order valence-corrected chi connectivity index (χ4v) is 2.50. The zero-order chi connectivity index (χ0) is 15.8. The van der Waals surface area contributed by atoms with E-state index in [0.717, 1.165) is 29.2 Å². The van der Waals surface area contributed by atoms with Gasteiger partial charge in [-0.3, -0.25) is 0 Å². The average molecular weight is 298 g/mol. The first-order valence-electron chi connectivity index (χ1n) is 8.15. The summed E-state index contributed by atoms with van der Waals surface area (Å²) in [5.41, 5.74) is 2.43. The molecule has 2 aromatic carbocycles. The summed E-state index contributed by atoms with van der Waals surface area (Å²) >= 11 is 0. The van der Waals surface area contributed by atoms with Crippen LogP contribution in [0.1, 0.15) is 43.7 Å². The Kier molecular flexibility index (Phi) is 6.32. The van der Waals surface area contributed by atoms with Crippen molar-refractivity contribution in [3.63, 3.8) is 0 Å². The number of hydrogen-bond donors (Lipinski definition) is 0. The lowest BCUT2D eigenvalue weighted by molar-refractivity contribution is 0.377. The largest absolute Gasteiger partial charge is 0.493 e. The molecule has 0 saturated heterocycles. The third-order valence-electron chi connectivity index (χ3n) is 3.86. The Balaban J connectivity index is 2.07. The highest BCUT2D eigenvalue weighted by atomic mass is 16.5. The highest BCUT2D eigenvalue weighted by Crippen LogP contribution is 2.33. The van der Waals surface area contributed by atoms with Gasteiger partial charge in [-0.2, -0.15) is 0 Å². The Hall–Kier alpha value is -1.96. The maximum atomic E-state index is 6.00. The molecule has 0 atom stereocenters. The third-order valence-corrected chi connectivity index (χ3v) is 3.86. The molecule has 0 amide bonds. The summed E-state index contributed by atoms with van der Waals surface area (Å²) in [7, 11) is 1.70. The number of rotatable bonds is 8. The molecule has 0 aliphatic carbocycles. The molecule has 118 valence electrons. The molecule has 0 fully saturated rings. The second-order valence-electron chi connectivity index (χ2n) is 5.66. The fraction of sp³-hybridized carbons (Fsp3) is 0.400. The van der Waals surface area contributed by atoms with Crippen LogP contribution in [0.25, 0.3) is 0 Å². The zero-order valence-electron chi connectivity index (χ0n) is 13.9. The van der Waals surface area contributed by atoms with Crippen LogP contribution in [0.3, 0.4) is 0 Å². The average Bonchev–Trinajstić information content (AvgIpc) is 2.54. The van der Waals surface area contributed by atoms with E-state index in [0.29, 0.717) is 0 Å². The van der Waals surface area contributed by atoms with Gasteiger partial charge in [-0.25, -0.2) is 0 Å². The maximum Gasteiger partial charge on any atom is 0.169 e. The normalized spacial score (nSPS) is 10.5.